The zero-order chi connectivity index (χ0) is 18.0. The van der Waals surface area contributed by atoms with Gasteiger partial charge < -0.3 is 15.0 Å². The van der Waals surface area contributed by atoms with Crippen LogP contribution in [0.25, 0.3) is 0 Å². The molecule has 0 bridgehead atoms. The van der Waals surface area contributed by atoms with Crippen LogP contribution in [0.3, 0.4) is 0 Å². The number of hydrogen-bond acceptors (Lipinski definition) is 4. The van der Waals surface area contributed by atoms with E-state index < -0.39 is 5.60 Å². The third-order valence-electron chi connectivity index (χ3n) is 4.68. The summed E-state index contributed by atoms with van der Waals surface area (Å²) in [6.07, 6.45) is 5.73. The summed E-state index contributed by atoms with van der Waals surface area (Å²) in [5.41, 5.74) is 0.973. The fourth-order valence-electron chi connectivity index (χ4n) is 2.91. The zero-order valence-corrected chi connectivity index (χ0v) is 15.9. The van der Waals surface area contributed by atoms with Gasteiger partial charge in [0.15, 0.2) is 0 Å². The summed E-state index contributed by atoms with van der Waals surface area (Å²) in [7, 11) is 1.93. The predicted molar refractivity (Wildman–Crippen MR) is 94.8 cm³/mol. The molecular weight excluding hydrogens is 304 g/mol. The van der Waals surface area contributed by atoms with Crippen molar-refractivity contribution in [1.29, 1.82) is 0 Å². The lowest BCUT2D eigenvalue weighted by Crippen LogP contribution is -2.47. The van der Waals surface area contributed by atoms with Crippen molar-refractivity contribution < 1.29 is 9.53 Å². The molecule has 0 saturated carbocycles. The van der Waals surface area contributed by atoms with Crippen molar-refractivity contribution in [3.8, 4) is 0 Å². The minimum Gasteiger partial charge on any atom is -0.444 e. The molecule has 0 aliphatic carbocycles. The van der Waals surface area contributed by atoms with Crippen molar-refractivity contribution in [2.24, 2.45) is 12.5 Å². The summed E-state index contributed by atoms with van der Waals surface area (Å²) in [6.45, 7) is 12.6. The van der Waals surface area contributed by atoms with Crippen LogP contribution in [-0.2, 0) is 11.8 Å². The smallest absolute Gasteiger partial charge is 0.410 e. The van der Waals surface area contributed by atoms with Crippen molar-refractivity contribution in [3.05, 3.63) is 18.0 Å². The topological polar surface area (TPSA) is 59.4 Å². The molecule has 1 aromatic rings. The van der Waals surface area contributed by atoms with Gasteiger partial charge in [0.1, 0.15) is 5.60 Å². The number of carbonyl (C=O) groups excluding carboxylic acids is 1. The molecule has 1 unspecified atom stereocenters. The number of aryl methyl sites for hydroxylation is 1. The highest BCUT2D eigenvalue weighted by atomic mass is 16.6. The molecule has 136 valence electrons. The molecule has 1 saturated heterocycles. The monoisotopic (exact) mass is 336 g/mol. The third kappa shape index (κ3) is 5.23. The van der Waals surface area contributed by atoms with Gasteiger partial charge in [-0.3, -0.25) is 4.68 Å². The molecule has 2 heterocycles. The van der Waals surface area contributed by atoms with Gasteiger partial charge in [-0.25, -0.2) is 4.79 Å². The zero-order valence-electron chi connectivity index (χ0n) is 15.9. The number of piperidine rings is 1. The summed E-state index contributed by atoms with van der Waals surface area (Å²) in [5, 5.41) is 7.84. The van der Waals surface area contributed by atoms with E-state index in [0.29, 0.717) is 0 Å². The molecule has 0 radical (unpaired) electrons. The second-order valence-electron chi connectivity index (χ2n) is 8.33. The average molecular weight is 336 g/mol. The first-order valence-electron chi connectivity index (χ1n) is 8.78. The second-order valence-corrected chi connectivity index (χ2v) is 8.33. The van der Waals surface area contributed by atoms with E-state index in [-0.39, 0.29) is 17.6 Å². The fourth-order valence-corrected chi connectivity index (χ4v) is 2.91. The average Bonchev–Trinajstić information content (AvgIpc) is 2.90. The summed E-state index contributed by atoms with van der Waals surface area (Å²) >= 11 is 0. The molecule has 24 heavy (non-hydrogen) atoms. The number of nitrogens with zero attached hydrogens (tertiary/aromatic N) is 3. The number of ether oxygens (including phenoxy) is 1. The SMILES string of the molecule is CC(NCC1(C)CCN(C(=O)OC(C)(C)C)CC1)c1cnn(C)c1. The number of nitrogens with one attached hydrogen (secondary N) is 1. The molecule has 1 aliphatic rings. The van der Waals surface area contributed by atoms with E-state index in [4.69, 9.17) is 4.74 Å². The van der Waals surface area contributed by atoms with Crippen LogP contribution in [-0.4, -0.2) is 46.0 Å². The van der Waals surface area contributed by atoms with Crippen LogP contribution in [0.1, 0.15) is 59.1 Å². The van der Waals surface area contributed by atoms with Crippen molar-refractivity contribution >= 4 is 6.09 Å². The Balaban J connectivity index is 1.80. The van der Waals surface area contributed by atoms with Gasteiger partial charge in [-0.15, -0.1) is 0 Å². The largest absolute Gasteiger partial charge is 0.444 e. The van der Waals surface area contributed by atoms with Gasteiger partial charge in [-0.05, 0) is 46.0 Å². The van der Waals surface area contributed by atoms with Crippen LogP contribution in [0.4, 0.5) is 4.79 Å². The fraction of sp³-hybridized carbons (Fsp3) is 0.778. The molecule has 6 nitrogen and oxygen atoms in total. The maximum atomic E-state index is 12.2. The Hall–Kier alpha value is -1.56. The Morgan fingerprint density at radius 1 is 1.42 bits per heavy atom. The summed E-state index contributed by atoms with van der Waals surface area (Å²) in [5.74, 6) is 0. The molecule has 1 aliphatic heterocycles. The number of aromatic nitrogens is 2. The van der Waals surface area contributed by atoms with Crippen molar-refractivity contribution in [2.45, 2.75) is 59.1 Å². The second kappa shape index (κ2) is 7.13. The molecule has 1 atom stereocenters. The molecule has 1 fully saturated rings. The minimum absolute atomic E-state index is 0.193. The maximum Gasteiger partial charge on any atom is 0.410 e. The highest BCUT2D eigenvalue weighted by Gasteiger charge is 2.33. The highest BCUT2D eigenvalue weighted by molar-refractivity contribution is 5.68. The molecule has 2 rings (SSSR count). The minimum atomic E-state index is -0.432. The quantitative estimate of drug-likeness (QED) is 0.918. The Labute approximate surface area is 145 Å². The third-order valence-corrected chi connectivity index (χ3v) is 4.68. The van der Waals surface area contributed by atoms with Crippen molar-refractivity contribution in [3.63, 3.8) is 0 Å². The van der Waals surface area contributed by atoms with Gasteiger partial charge in [-0.1, -0.05) is 6.92 Å². The molecule has 1 aromatic heterocycles. The van der Waals surface area contributed by atoms with Gasteiger partial charge in [-0.2, -0.15) is 5.10 Å². The number of carbonyl (C=O) groups is 1. The lowest BCUT2D eigenvalue weighted by Gasteiger charge is -2.40. The van der Waals surface area contributed by atoms with Gasteiger partial charge in [0.2, 0.25) is 0 Å². The molecular formula is C18H32N4O2. The Kier molecular flexibility index (Phi) is 5.58. The van der Waals surface area contributed by atoms with Crippen molar-refractivity contribution in [2.75, 3.05) is 19.6 Å². The van der Waals surface area contributed by atoms with Gasteiger partial charge in [0, 0.05) is 44.5 Å². The van der Waals surface area contributed by atoms with E-state index in [1.165, 1.54) is 5.56 Å². The Morgan fingerprint density at radius 2 is 2.04 bits per heavy atom. The van der Waals surface area contributed by atoms with Crippen LogP contribution in [0.5, 0.6) is 0 Å². The Morgan fingerprint density at radius 3 is 2.54 bits per heavy atom. The van der Waals surface area contributed by atoms with Gasteiger partial charge in [0.25, 0.3) is 0 Å². The van der Waals surface area contributed by atoms with E-state index in [1.54, 1.807) is 0 Å². The van der Waals surface area contributed by atoms with Crippen molar-refractivity contribution in [1.82, 2.24) is 20.0 Å². The van der Waals surface area contributed by atoms with E-state index in [1.807, 2.05) is 49.8 Å². The first-order valence-corrected chi connectivity index (χ1v) is 8.78. The lowest BCUT2D eigenvalue weighted by molar-refractivity contribution is 0.0117. The van der Waals surface area contributed by atoms with E-state index in [0.717, 1.165) is 32.5 Å². The van der Waals surface area contributed by atoms with Gasteiger partial charge in [0.05, 0.1) is 6.20 Å². The lowest BCUT2D eigenvalue weighted by atomic mass is 9.80. The summed E-state index contributed by atoms with van der Waals surface area (Å²) < 4.78 is 7.29. The summed E-state index contributed by atoms with van der Waals surface area (Å²) in [4.78, 5) is 14.0. The van der Waals surface area contributed by atoms with Crippen LogP contribution in [0.2, 0.25) is 0 Å². The van der Waals surface area contributed by atoms with E-state index >= 15 is 0 Å². The molecule has 1 N–H and O–H groups in total. The number of likely N-dealkylation sites (tertiary alicyclic amines) is 1. The number of amides is 1. The number of rotatable bonds is 4. The van der Waals surface area contributed by atoms with E-state index in [9.17, 15) is 4.79 Å². The van der Waals surface area contributed by atoms with Crippen LogP contribution >= 0.6 is 0 Å². The molecule has 0 aromatic carbocycles. The molecule has 1 amide bonds. The normalized spacial score (nSPS) is 19.2. The first kappa shape index (κ1) is 18.8. The standard InChI is InChI=1S/C18H32N4O2/c1-14(15-11-20-21(6)12-15)19-13-18(5)7-9-22(10-8-18)16(23)24-17(2,3)4/h11-12,14,19H,7-10,13H2,1-6H3. The summed E-state index contributed by atoms with van der Waals surface area (Å²) in [6, 6.07) is 0.277. The maximum absolute atomic E-state index is 12.2. The number of hydrogen-bond donors (Lipinski definition) is 1. The van der Waals surface area contributed by atoms with E-state index in [2.05, 4.69) is 24.3 Å². The van der Waals surface area contributed by atoms with Gasteiger partial charge >= 0.3 is 6.09 Å². The first-order chi connectivity index (χ1) is 11.1. The van der Waals surface area contributed by atoms with Crippen LogP contribution in [0, 0.1) is 5.41 Å². The highest BCUT2D eigenvalue weighted by Crippen LogP contribution is 2.31. The predicted octanol–water partition coefficient (Wildman–Crippen LogP) is 3.11. The molecule has 0 spiro atoms. The van der Waals surface area contributed by atoms with Crippen LogP contribution in [0.15, 0.2) is 12.4 Å². The van der Waals surface area contributed by atoms with Crippen LogP contribution < -0.4 is 5.32 Å². The molecule has 6 heteroatoms. The Bertz CT molecular complexity index is 554.